The molecule has 0 aliphatic carbocycles. The zero-order chi connectivity index (χ0) is 11.1. The van der Waals surface area contributed by atoms with Gasteiger partial charge >= 0.3 is 84.9 Å². The van der Waals surface area contributed by atoms with Crippen molar-refractivity contribution in [1.82, 2.24) is 4.90 Å². The molecule has 0 saturated carbocycles. The molecule has 0 aliphatic rings. The summed E-state index contributed by atoms with van der Waals surface area (Å²) in [6.07, 6.45) is 1.82. The first-order valence-electron chi connectivity index (χ1n) is 4.67. The van der Waals surface area contributed by atoms with Crippen molar-refractivity contribution in [2.24, 2.45) is 10.9 Å². The third-order valence-corrected chi connectivity index (χ3v) is 1.75. The fourth-order valence-corrected chi connectivity index (χ4v) is 1.11. The standard InChI is InChI=1S/C9H17BN2O2/c1-7(2)5-8(11-6-10-14)9(13)12(3)4/h6-8H,5H2,1-4H3/t8-/m0/s1. The van der Waals surface area contributed by atoms with Gasteiger partial charge in [0.2, 0.25) is 0 Å². The molecular formula is C9H17BN2O2. The van der Waals surface area contributed by atoms with Gasteiger partial charge in [-0.2, -0.15) is 0 Å². The molecule has 5 heteroatoms. The van der Waals surface area contributed by atoms with Gasteiger partial charge in [0.15, 0.2) is 0 Å². The maximum atomic E-state index is 11.6. The number of hydrogen-bond donors (Lipinski definition) is 0. The molecule has 0 heterocycles. The molecule has 0 aromatic heterocycles. The summed E-state index contributed by atoms with van der Waals surface area (Å²) in [5, 5.41) is 0. The molecule has 0 bridgehead atoms. The Kier molecular flexibility index (Phi) is 6.00. The van der Waals surface area contributed by atoms with Gasteiger partial charge in [0.05, 0.1) is 0 Å². The van der Waals surface area contributed by atoms with Gasteiger partial charge in [-0.1, -0.05) is 0 Å². The number of carbonyl (C=O) groups excluding carboxylic acids is 1. The van der Waals surface area contributed by atoms with Crippen LogP contribution in [0.25, 0.3) is 0 Å². The van der Waals surface area contributed by atoms with E-state index in [0.29, 0.717) is 19.5 Å². The minimum absolute atomic E-state index is 0.0585. The van der Waals surface area contributed by atoms with E-state index in [1.165, 1.54) is 4.90 Å². The summed E-state index contributed by atoms with van der Waals surface area (Å²) in [5.41, 5.74) is 0. The molecule has 0 aliphatic heterocycles. The van der Waals surface area contributed by atoms with Crippen LogP contribution in [0.15, 0.2) is 4.99 Å². The van der Waals surface area contributed by atoms with Gasteiger partial charge in [-0.3, -0.25) is 0 Å². The molecule has 0 saturated heterocycles. The molecule has 78 valence electrons. The Balaban J connectivity index is 4.45. The number of nitrogens with zero attached hydrogens (tertiary/aromatic N) is 2. The summed E-state index contributed by atoms with van der Waals surface area (Å²) in [4.78, 5) is 17.0. The number of hydrogen-bond acceptors (Lipinski definition) is 3. The molecule has 0 N–H and O–H groups in total. The summed E-state index contributed by atoms with van der Waals surface area (Å²) in [6.45, 7) is 4.04. The summed E-state index contributed by atoms with van der Waals surface area (Å²) < 4.78 is 10.1. The SMILES string of the molecule is CC(C)C[C@H](N=CB=O)C(=O)N(C)C. The second kappa shape index (κ2) is 6.46. The average molecular weight is 196 g/mol. The summed E-state index contributed by atoms with van der Waals surface area (Å²) in [7, 11) is 3.97. The number of amides is 1. The van der Waals surface area contributed by atoms with Gasteiger partial charge in [-0.15, -0.1) is 0 Å². The fourth-order valence-electron chi connectivity index (χ4n) is 1.11. The van der Waals surface area contributed by atoms with Gasteiger partial charge in [-0.25, -0.2) is 0 Å². The van der Waals surface area contributed by atoms with Crippen molar-refractivity contribution >= 4 is 19.2 Å². The third kappa shape index (κ3) is 4.89. The van der Waals surface area contributed by atoms with Crippen LogP contribution in [0, 0.1) is 5.92 Å². The first-order chi connectivity index (χ1) is 6.49. The molecule has 0 aromatic carbocycles. The van der Waals surface area contributed by atoms with E-state index >= 15 is 0 Å². The first kappa shape index (κ1) is 13.0. The Hall–Kier alpha value is -0.995. The van der Waals surface area contributed by atoms with Crippen LogP contribution in [0.2, 0.25) is 0 Å². The molecule has 0 radical (unpaired) electrons. The quantitative estimate of drug-likeness (QED) is 0.476. The van der Waals surface area contributed by atoms with Crippen molar-refractivity contribution < 1.29 is 9.50 Å². The number of rotatable bonds is 5. The van der Waals surface area contributed by atoms with Crippen LogP contribution < -0.4 is 0 Å². The normalized spacial score (nSPS) is 12.9. The Labute approximate surface area is 85.6 Å². The Morgan fingerprint density at radius 1 is 1.50 bits per heavy atom. The van der Waals surface area contributed by atoms with Crippen LogP contribution in [0.3, 0.4) is 0 Å². The molecule has 1 amide bonds. The van der Waals surface area contributed by atoms with Crippen LogP contribution in [-0.2, 0) is 9.50 Å². The van der Waals surface area contributed by atoms with E-state index in [2.05, 4.69) is 4.99 Å². The van der Waals surface area contributed by atoms with Crippen molar-refractivity contribution in [2.45, 2.75) is 26.3 Å². The predicted molar refractivity (Wildman–Crippen MR) is 56.9 cm³/mol. The van der Waals surface area contributed by atoms with Crippen molar-refractivity contribution in [2.75, 3.05) is 14.1 Å². The molecule has 4 nitrogen and oxygen atoms in total. The molecular weight excluding hydrogens is 179 g/mol. The number of aliphatic imine (C=N–C) groups is 1. The molecule has 1 atom stereocenters. The molecule has 0 rings (SSSR count). The van der Waals surface area contributed by atoms with E-state index in [0.717, 1.165) is 6.11 Å². The van der Waals surface area contributed by atoms with Crippen molar-refractivity contribution in [3.05, 3.63) is 0 Å². The summed E-state index contributed by atoms with van der Waals surface area (Å²) >= 11 is 0. The Bertz CT molecular complexity index is 227. The zero-order valence-corrected chi connectivity index (χ0v) is 9.23. The van der Waals surface area contributed by atoms with Gasteiger partial charge in [0.1, 0.15) is 0 Å². The second-order valence-electron chi connectivity index (χ2n) is 3.81. The van der Waals surface area contributed by atoms with Crippen LogP contribution in [0.4, 0.5) is 0 Å². The van der Waals surface area contributed by atoms with Crippen LogP contribution in [0.1, 0.15) is 20.3 Å². The van der Waals surface area contributed by atoms with Crippen molar-refractivity contribution in [3.63, 3.8) is 0 Å². The van der Waals surface area contributed by atoms with E-state index in [1.54, 1.807) is 14.1 Å². The van der Waals surface area contributed by atoms with E-state index in [-0.39, 0.29) is 5.91 Å². The van der Waals surface area contributed by atoms with Gasteiger partial charge in [-0.05, 0) is 0 Å². The Morgan fingerprint density at radius 2 is 2.07 bits per heavy atom. The number of likely N-dealkylation sites (N-methyl/N-ethyl adjacent to an activating group) is 1. The van der Waals surface area contributed by atoms with E-state index in [4.69, 9.17) is 0 Å². The van der Waals surface area contributed by atoms with Crippen molar-refractivity contribution in [1.29, 1.82) is 0 Å². The van der Waals surface area contributed by atoms with Gasteiger partial charge in [0.25, 0.3) is 0 Å². The Morgan fingerprint density at radius 3 is 2.43 bits per heavy atom. The third-order valence-electron chi connectivity index (χ3n) is 1.75. The molecule has 14 heavy (non-hydrogen) atoms. The monoisotopic (exact) mass is 196 g/mol. The number of carbonyl (C=O) groups is 1. The molecule has 0 fully saturated rings. The predicted octanol–water partition coefficient (Wildman–Crippen LogP) is 0.567. The molecule has 0 spiro atoms. The van der Waals surface area contributed by atoms with Crippen LogP contribution in [-0.4, -0.2) is 44.2 Å². The first-order valence-corrected chi connectivity index (χ1v) is 4.67. The molecule has 0 aromatic rings. The van der Waals surface area contributed by atoms with E-state index < -0.39 is 6.04 Å². The topological polar surface area (TPSA) is 49.7 Å². The molecule has 0 unspecified atom stereocenters. The van der Waals surface area contributed by atoms with Gasteiger partial charge < -0.3 is 0 Å². The van der Waals surface area contributed by atoms with E-state index in [1.807, 2.05) is 13.8 Å². The van der Waals surface area contributed by atoms with Crippen molar-refractivity contribution in [3.8, 4) is 0 Å². The summed E-state index contributed by atoms with van der Waals surface area (Å²) in [5.74, 6) is 0.324. The minimum atomic E-state index is -0.421. The van der Waals surface area contributed by atoms with Gasteiger partial charge in [0, 0.05) is 0 Å². The average Bonchev–Trinajstić information content (AvgIpc) is 2.10. The maximum absolute atomic E-state index is 11.6. The summed E-state index contributed by atoms with van der Waals surface area (Å²) in [6, 6.07) is -0.421. The van der Waals surface area contributed by atoms with E-state index in [9.17, 15) is 9.50 Å². The van der Waals surface area contributed by atoms with Crippen LogP contribution in [0.5, 0.6) is 0 Å². The zero-order valence-electron chi connectivity index (χ0n) is 9.23. The fraction of sp³-hybridized carbons (Fsp3) is 0.778. The second-order valence-corrected chi connectivity index (χ2v) is 3.81. The van der Waals surface area contributed by atoms with Crippen LogP contribution >= 0.6 is 0 Å².